The molecule has 0 atom stereocenters. The lowest BCUT2D eigenvalue weighted by atomic mass is 10.0. The maximum absolute atomic E-state index is 11.6. The zero-order valence-electron chi connectivity index (χ0n) is 11.7. The van der Waals surface area contributed by atoms with Crippen LogP contribution in [0.15, 0.2) is 30.6 Å². The van der Waals surface area contributed by atoms with Crippen LogP contribution in [0.25, 0.3) is 22.2 Å². The maximum Gasteiger partial charge on any atom is 0.269 e. The molecule has 110 valence electrons. The highest BCUT2D eigenvalue weighted by molar-refractivity contribution is 6.07. The van der Waals surface area contributed by atoms with Crippen molar-refractivity contribution in [2.24, 2.45) is 5.73 Å². The summed E-state index contributed by atoms with van der Waals surface area (Å²) >= 11 is 0. The number of nitrogens with zero attached hydrogens (tertiary/aromatic N) is 3. The van der Waals surface area contributed by atoms with E-state index in [0.29, 0.717) is 27.9 Å². The minimum Gasteiger partial charge on any atom is -0.506 e. The maximum atomic E-state index is 11.6. The van der Waals surface area contributed by atoms with Gasteiger partial charge in [0.1, 0.15) is 5.75 Å². The molecule has 0 saturated heterocycles. The molecule has 3 aromatic heterocycles. The van der Waals surface area contributed by atoms with Gasteiger partial charge in [-0.2, -0.15) is 0 Å². The second-order valence-electron chi connectivity index (χ2n) is 4.81. The molecule has 3 aromatic rings. The summed E-state index contributed by atoms with van der Waals surface area (Å²) in [5, 5.41) is 9.87. The third kappa shape index (κ3) is 2.08. The Balaban J connectivity index is 2.42. The lowest BCUT2D eigenvalue weighted by molar-refractivity contribution is 0.0997. The minimum absolute atomic E-state index is 0.0263. The third-order valence-electron chi connectivity index (χ3n) is 3.36. The number of pyridine rings is 3. The van der Waals surface area contributed by atoms with Crippen molar-refractivity contribution >= 4 is 22.6 Å². The molecule has 0 fully saturated rings. The van der Waals surface area contributed by atoms with Crippen LogP contribution in [-0.4, -0.2) is 26.0 Å². The lowest BCUT2D eigenvalue weighted by Crippen LogP contribution is -2.16. The van der Waals surface area contributed by atoms with Gasteiger partial charge < -0.3 is 16.6 Å². The SMILES string of the molecule is Cc1ncc(-c2c(N)c(C(N)=O)nc3cccnc23)cc1O. The molecule has 7 heteroatoms. The normalized spacial score (nSPS) is 10.8. The number of nitrogens with two attached hydrogens (primary N) is 2. The predicted molar refractivity (Wildman–Crippen MR) is 82.1 cm³/mol. The molecule has 5 N–H and O–H groups in total. The first-order valence-electron chi connectivity index (χ1n) is 6.49. The molecular formula is C15H13N5O2. The van der Waals surface area contributed by atoms with Crippen LogP contribution in [0, 0.1) is 6.92 Å². The number of carbonyl (C=O) groups is 1. The number of carbonyl (C=O) groups excluding carboxylic acids is 1. The van der Waals surface area contributed by atoms with Crippen molar-refractivity contribution in [3.05, 3.63) is 42.0 Å². The molecule has 0 spiro atoms. The van der Waals surface area contributed by atoms with E-state index in [0.717, 1.165) is 0 Å². The van der Waals surface area contributed by atoms with E-state index in [2.05, 4.69) is 15.0 Å². The number of rotatable bonds is 2. The predicted octanol–water partition coefficient (Wildman–Crippen LogP) is 1.39. The van der Waals surface area contributed by atoms with Crippen molar-refractivity contribution in [2.75, 3.05) is 5.73 Å². The fourth-order valence-corrected chi connectivity index (χ4v) is 2.24. The van der Waals surface area contributed by atoms with Crippen LogP contribution in [0.3, 0.4) is 0 Å². The number of hydrogen-bond donors (Lipinski definition) is 3. The van der Waals surface area contributed by atoms with Gasteiger partial charge >= 0.3 is 0 Å². The summed E-state index contributed by atoms with van der Waals surface area (Å²) in [5.74, 6) is -0.702. The standard InChI is InChI=1S/C15H13N5O2/c1-7-10(21)5-8(6-19-7)11-12(16)14(15(17)22)20-9-3-2-4-18-13(9)11/h2-6,21H,16H2,1H3,(H2,17,22). The van der Waals surface area contributed by atoms with Crippen LogP contribution in [0.2, 0.25) is 0 Å². The highest BCUT2D eigenvalue weighted by Crippen LogP contribution is 2.35. The lowest BCUT2D eigenvalue weighted by Gasteiger charge is -2.12. The molecule has 7 nitrogen and oxygen atoms in total. The Morgan fingerprint density at radius 3 is 2.77 bits per heavy atom. The number of aryl methyl sites for hydroxylation is 1. The highest BCUT2D eigenvalue weighted by Gasteiger charge is 2.19. The molecule has 0 unspecified atom stereocenters. The molecule has 0 bridgehead atoms. The molecule has 22 heavy (non-hydrogen) atoms. The summed E-state index contributed by atoms with van der Waals surface area (Å²) in [6.45, 7) is 1.68. The molecule has 0 aromatic carbocycles. The van der Waals surface area contributed by atoms with E-state index in [1.54, 1.807) is 31.5 Å². The van der Waals surface area contributed by atoms with Crippen molar-refractivity contribution in [1.82, 2.24) is 15.0 Å². The molecule has 3 heterocycles. The van der Waals surface area contributed by atoms with Gasteiger partial charge in [-0.25, -0.2) is 4.98 Å². The average molecular weight is 295 g/mol. The quantitative estimate of drug-likeness (QED) is 0.655. The Morgan fingerprint density at radius 2 is 2.09 bits per heavy atom. The summed E-state index contributed by atoms with van der Waals surface area (Å²) in [6.07, 6.45) is 3.15. The average Bonchev–Trinajstić information content (AvgIpc) is 2.49. The summed E-state index contributed by atoms with van der Waals surface area (Å²) in [5.41, 5.74) is 14.0. The Labute approximate surface area is 125 Å². The van der Waals surface area contributed by atoms with Crippen LogP contribution in [0.1, 0.15) is 16.2 Å². The van der Waals surface area contributed by atoms with Gasteiger partial charge in [0.15, 0.2) is 5.69 Å². The third-order valence-corrected chi connectivity index (χ3v) is 3.36. The number of aromatic hydroxyl groups is 1. The van der Waals surface area contributed by atoms with Crippen molar-refractivity contribution in [1.29, 1.82) is 0 Å². The topological polar surface area (TPSA) is 128 Å². The number of nitrogen functional groups attached to an aromatic ring is 1. The molecule has 0 aliphatic rings. The van der Waals surface area contributed by atoms with E-state index in [9.17, 15) is 9.90 Å². The van der Waals surface area contributed by atoms with E-state index in [-0.39, 0.29) is 17.1 Å². The number of anilines is 1. The van der Waals surface area contributed by atoms with E-state index in [1.807, 2.05) is 0 Å². The second-order valence-corrected chi connectivity index (χ2v) is 4.81. The Kier molecular flexibility index (Phi) is 3.10. The summed E-state index contributed by atoms with van der Waals surface area (Å²) in [4.78, 5) is 24.1. The van der Waals surface area contributed by atoms with Gasteiger partial charge in [0.05, 0.1) is 22.4 Å². The summed E-state index contributed by atoms with van der Waals surface area (Å²) in [7, 11) is 0. The second kappa shape index (κ2) is 4.96. The highest BCUT2D eigenvalue weighted by atomic mass is 16.3. The Bertz CT molecular complexity index is 908. The molecule has 0 radical (unpaired) electrons. The molecule has 0 saturated carbocycles. The molecule has 1 amide bonds. The van der Waals surface area contributed by atoms with Crippen molar-refractivity contribution in [3.63, 3.8) is 0 Å². The van der Waals surface area contributed by atoms with Crippen LogP contribution >= 0.6 is 0 Å². The van der Waals surface area contributed by atoms with Gasteiger partial charge in [0.25, 0.3) is 5.91 Å². The van der Waals surface area contributed by atoms with Gasteiger partial charge in [-0.3, -0.25) is 14.8 Å². The van der Waals surface area contributed by atoms with Crippen LogP contribution in [0.4, 0.5) is 5.69 Å². The first-order chi connectivity index (χ1) is 10.5. The molecule has 3 rings (SSSR count). The summed E-state index contributed by atoms with van der Waals surface area (Å²) in [6, 6.07) is 4.93. The first kappa shape index (κ1) is 13.7. The fraction of sp³-hybridized carbons (Fsp3) is 0.0667. The van der Waals surface area contributed by atoms with Gasteiger partial charge in [0, 0.05) is 23.5 Å². The number of primary amides is 1. The van der Waals surface area contributed by atoms with Crippen molar-refractivity contribution in [3.8, 4) is 16.9 Å². The largest absolute Gasteiger partial charge is 0.506 e. The van der Waals surface area contributed by atoms with Crippen LogP contribution in [-0.2, 0) is 0 Å². The van der Waals surface area contributed by atoms with Gasteiger partial charge in [-0.1, -0.05) is 0 Å². The van der Waals surface area contributed by atoms with Crippen LogP contribution in [0.5, 0.6) is 5.75 Å². The van der Waals surface area contributed by atoms with E-state index < -0.39 is 5.91 Å². The van der Waals surface area contributed by atoms with Crippen molar-refractivity contribution < 1.29 is 9.90 Å². The number of aromatic nitrogens is 3. The smallest absolute Gasteiger partial charge is 0.269 e. The molecular weight excluding hydrogens is 282 g/mol. The van der Waals surface area contributed by atoms with E-state index in [4.69, 9.17) is 11.5 Å². The first-order valence-corrected chi connectivity index (χ1v) is 6.49. The van der Waals surface area contributed by atoms with Gasteiger partial charge in [-0.05, 0) is 25.1 Å². The fourth-order valence-electron chi connectivity index (χ4n) is 2.24. The van der Waals surface area contributed by atoms with E-state index in [1.165, 1.54) is 6.07 Å². The number of amides is 1. The number of fused-ring (bicyclic) bond motifs is 1. The Hall–Kier alpha value is -3.22. The molecule has 0 aliphatic carbocycles. The zero-order valence-corrected chi connectivity index (χ0v) is 11.7. The monoisotopic (exact) mass is 295 g/mol. The number of hydrogen-bond acceptors (Lipinski definition) is 6. The zero-order chi connectivity index (χ0) is 15.9. The minimum atomic E-state index is -0.728. The van der Waals surface area contributed by atoms with Crippen molar-refractivity contribution in [2.45, 2.75) is 6.92 Å². The van der Waals surface area contributed by atoms with Crippen LogP contribution < -0.4 is 11.5 Å². The molecule has 0 aliphatic heterocycles. The van der Waals surface area contributed by atoms with Gasteiger partial charge in [0.2, 0.25) is 0 Å². The van der Waals surface area contributed by atoms with E-state index >= 15 is 0 Å². The summed E-state index contributed by atoms with van der Waals surface area (Å²) < 4.78 is 0. The van der Waals surface area contributed by atoms with Gasteiger partial charge in [-0.15, -0.1) is 0 Å². The Morgan fingerprint density at radius 1 is 1.32 bits per heavy atom.